The lowest BCUT2D eigenvalue weighted by Crippen LogP contribution is -2.38. The standard InChI is InChI=1S/C16H23N3O2/c1-16(2,3)18-8-10-21-15-6-7-17-11-14(15)19-9-4-5-13(20)12-19/h4-7,9,11,18,20H,8,10,12H2,1-3H3. The predicted molar refractivity (Wildman–Crippen MR) is 84.7 cm³/mol. The van der Waals surface area contributed by atoms with E-state index in [1.807, 2.05) is 17.2 Å². The van der Waals surface area contributed by atoms with Gasteiger partial charge < -0.3 is 20.1 Å². The second kappa shape index (κ2) is 6.63. The molecule has 0 bridgehead atoms. The van der Waals surface area contributed by atoms with Gasteiger partial charge in [0.2, 0.25) is 0 Å². The van der Waals surface area contributed by atoms with Crippen molar-refractivity contribution in [2.24, 2.45) is 0 Å². The van der Waals surface area contributed by atoms with E-state index in [1.165, 1.54) is 0 Å². The molecule has 114 valence electrons. The largest absolute Gasteiger partial charge is 0.510 e. The molecule has 1 aromatic heterocycles. The van der Waals surface area contributed by atoms with E-state index in [1.54, 1.807) is 24.5 Å². The molecule has 0 amide bonds. The maximum Gasteiger partial charge on any atom is 0.146 e. The van der Waals surface area contributed by atoms with Gasteiger partial charge in [0.05, 0.1) is 12.7 Å². The van der Waals surface area contributed by atoms with Gasteiger partial charge in [-0.05, 0) is 32.9 Å². The molecule has 5 heteroatoms. The quantitative estimate of drug-likeness (QED) is 0.816. The molecule has 0 spiro atoms. The van der Waals surface area contributed by atoms with E-state index in [4.69, 9.17) is 4.74 Å². The Kier molecular flexibility index (Phi) is 4.85. The number of aromatic nitrogens is 1. The highest BCUT2D eigenvalue weighted by Gasteiger charge is 2.14. The van der Waals surface area contributed by atoms with Gasteiger partial charge in [0.25, 0.3) is 0 Å². The third kappa shape index (κ3) is 4.79. The van der Waals surface area contributed by atoms with Crippen LogP contribution in [0.5, 0.6) is 5.75 Å². The fraction of sp³-hybridized carbons (Fsp3) is 0.438. The Morgan fingerprint density at radius 1 is 1.43 bits per heavy atom. The van der Waals surface area contributed by atoms with Gasteiger partial charge in [0.15, 0.2) is 0 Å². The average molecular weight is 289 g/mol. The number of aliphatic hydroxyl groups is 1. The molecule has 0 fully saturated rings. The first-order valence-corrected chi connectivity index (χ1v) is 7.10. The van der Waals surface area contributed by atoms with E-state index in [9.17, 15) is 5.11 Å². The summed E-state index contributed by atoms with van der Waals surface area (Å²) in [4.78, 5) is 6.05. The van der Waals surface area contributed by atoms with Crippen molar-refractivity contribution in [2.45, 2.75) is 26.3 Å². The van der Waals surface area contributed by atoms with Gasteiger partial charge in [-0.25, -0.2) is 0 Å². The SMILES string of the molecule is CC(C)(C)NCCOc1ccncc1N1C=CC=C(O)C1. The molecule has 0 aliphatic carbocycles. The van der Waals surface area contributed by atoms with Crippen molar-refractivity contribution in [1.82, 2.24) is 10.3 Å². The van der Waals surface area contributed by atoms with Gasteiger partial charge in [-0.2, -0.15) is 0 Å². The van der Waals surface area contributed by atoms with E-state index < -0.39 is 0 Å². The summed E-state index contributed by atoms with van der Waals surface area (Å²) >= 11 is 0. The summed E-state index contributed by atoms with van der Waals surface area (Å²) in [6.07, 6.45) is 8.84. The van der Waals surface area contributed by atoms with Gasteiger partial charge in [-0.15, -0.1) is 0 Å². The first-order chi connectivity index (χ1) is 9.96. The van der Waals surface area contributed by atoms with Crippen LogP contribution in [0.4, 0.5) is 5.69 Å². The lowest BCUT2D eigenvalue weighted by molar-refractivity contribution is 0.291. The Labute approximate surface area is 125 Å². The van der Waals surface area contributed by atoms with Gasteiger partial charge in [-0.1, -0.05) is 0 Å². The number of hydrogen-bond acceptors (Lipinski definition) is 5. The second-order valence-corrected chi connectivity index (χ2v) is 6.00. The zero-order chi connectivity index (χ0) is 15.3. The minimum Gasteiger partial charge on any atom is -0.510 e. The first kappa shape index (κ1) is 15.4. The van der Waals surface area contributed by atoms with Crippen molar-refractivity contribution in [1.29, 1.82) is 0 Å². The van der Waals surface area contributed by atoms with Gasteiger partial charge >= 0.3 is 0 Å². The van der Waals surface area contributed by atoms with Crippen molar-refractivity contribution in [3.05, 3.63) is 42.6 Å². The fourth-order valence-electron chi connectivity index (χ4n) is 2.00. The van der Waals surface area contributed by atoms with Crippen LogP contribution in [0.25, 0.3) is 0 Å². The van der Waals surface area contributed by atoms with Crippen LogP contribution in [-0.2, 0) is 0 Å². The Bertz CT molecular complexity index is 533. The van der Waals surface area contributed by atoms with E-state index in [0.717, 1.165) is 18.0 Å². The third-order valence-corrected chi connectivity index (χ3v) is 2.97. The molecule has 0 saturated carbocycles. The van der Waals surface area contributed by atoms with Gasteiger partial charge in [-0.3, -0.25) is 4.98 Å². The first-order valence-electron chi connectivity index (χ1n) is 7.10. The van der Waals surface area contributed by atoms with Crippen LogP contribution in [0.15, 0.2) is 42.6 Å². The van der Waals surface area contributed by atoms with Crippen molar-refractivity contribution < 1.29 is 9.84 Å². The molecule has 1 aromatic rings. The summed E-state index contributed by atoms with van der Waals surface area (Å²) in [7, 11) is 0. The van der Waals surface area contributed by atoms with Crippen molar-refractivity contribution in [3.63, 3.8) is 0 Å². The van der Waals surface area contributed by atoms with Crippen LogP contribution < -0.4 is 15.0 Å². The molecule has 2 rings (SSSR count). The maximum atomic E-state index is 9.63. The Morgan fingerprint density at radius 3 is 2.95 bits per heavy atom. The molecule has 0 atom stereocenters. The van der Waals surface area contributed by atoms with Gasteiger partial charge in [0.1, 0.15) is 23.8 Å². The van der Waals surface area contributed by atoms with E-state index >= 15 is 0 Å². The van der Waals surface area contributed by atoms with Crippen LogP contribution >= 0.6 is 0 Å². The van der Waals surface area contributed by atoms with Crippen LogP contribution in [0.1, 0.15) is 20.8 Å². The minimum absolute atomic E-state index is 0.0800. The Balaban J connectivity index is 1.98. The maximum absolute atomic E-state index is 9.63. The molecular formula is C16H23N3O2. The van der Waals surface area contributed by atoms with Crippen LogP contribution in [0.3, 0.4) is 0 Å². The fourth-order valence-corrected chi connectivity index (χ4v) is 2.00. The number of allylic oxidation sites excluding steroid dienone is 2. The number of pyridine rings is 1. The number of anilines is 1. The van der Waals surface area contributed by atoms with Crippen molar-refractivity contribution >= 4 is 5.69 Å². The molecule has 1 aliphatic heterocycles. The van der Waals surface area contributed by atoms with E-state index in [-0.39, 0.29) is 5.54 Å². The summed E-state index contributed by atoms with van der Waals surface area (Å²) in [6, 6.07) is 1.84. The van der Waals surface area contributed by atoms with Crippen molar-refractivity contribution in [3.8, 4) is 5.75 Å². The topological polar surface area (TPSA) is 57.6 Å². The zero-order valence-electron chi connectivity index (χ0n) is 12.8. The smallest absolute Gasteiger partial charge is 0.146 e. The molecular weight excluding hydrogens is 266 g/mol. The molecule has 1 aliphatic rings. The molecule has 5 nitrogen and oxygen atoms in total. The number of aliphatic hydroxyl groups excluding tert-OH is 1. The van der Waals surface area contributed by atoms with Gasteiger partial charge in [0, 0.05) is 30.5 Å². The minimum atomic E-state index is 0.0800. The normalized spacial score (nSPS) is 15.0. The molecule has 0 aromatic carbocycles. The molecule has 2 heterocycles. The van der Waals surface area contributed by atoms with Crippen molar-refractivity contribution in [2.75, 3.05) is 24.6 Å². The highest BCUT2D eigenvalue weighted by molar-refractivity contribution is 5.60. The highest BCUT2D eigenvalue weighted by Crippen LogP contribution is 2.28. The Hall–Kier alpha value is -2.01. The predicted octanol–water partition coefficient (Wildman–Crippen LogP) is 2.62. The summed E-state index contributed by atoms with van der Waals surface area (Å²) in [5, 5.41) is 13.0. The van der Waals surface area contributed by atoms with E-state index in [2.05, 4.69) is 31.1 Å². The molecule has 0 radical (unpaired) electrons. The molecule has 0 saturated heterocycles. The number of rotatable bonds is 5. The second-order valence-electron chi connectivity index (χ2n) is 6.00. The van der Waals surface area contributed by atoms with Crippen LogP contribution in [-0.4, -0.2) is 35.3 Å². The number of ether oxygens (including phenoxy) is 1. The molecule has 0 unspecified atom stereocenters. The lowest BCUT2D eigenvalue weighted by Gasteiger charge is -2.25. The Morgan fingerprint density at radius 2 is 2.24 bits per heavy atom. The third-order valence-electron chi connectivity index (χ3n) is 2.97. The van der Waals surface area contributed by atoms with E-state index in [0.29, 0.717) is 18.9 Å². The lowest BCUT2D eigenvalue weighted by atomic mass is 10.1. The summed E-state index contributed by atoms with van der Waals surface area (Å²) in [5.74, 6) is 1.08. The highest BCUT2D eigenvalue weighted by atomic mass is 16.5. The number of nitrogens with zero attached hydrogens (tertiary/aromatic N) is 2. The molecule has 2 N–H and O–H groups in total. The molecule has 21 heavy (non-hydrogen) atoms. The number of hydrogen-bond donors (Lipinski definition) is 2. The summed E-state index contributed by atoms with van der Waals surface area (Å²) < 4.78 is 5.84. The van der Waals surface area contributed by atoms with Crippen LogP contribution in [0.2, 0.25) is 0 Å². The summed E-state index contributed by atoms with van der Waals surface area (Å²) in [5.41, 5.74) is 0.931. The zero-order valence-corrected chi connectivity index (χ0v) is 12.8. The van der Waals surface area contributed by atoms with Crippen LogP contribution in [0, 0.1) is 0 Å². The summed E-state index contributed by atoms with van der Waals surface area (Å²) in [6.45, 7) is 8.15. The monoisotopic (exact) mass is 289 g/mol. The average Bonchev–Trinajstić information content (AvgIpc) is 2.43. The number of nitrogens with one attached hydrogen (secondary N) is 1.